The molecule has 0 radical (unpaired) electrons. The van der Waals surface area contributed by atoms with E-state index in [4.69, 9.17) is 10.5 Å². The van der Waals surface area contributed by atoms with Gasteiger partial charge >= 0.3 is 0 Å². The van der Waals surface area contributed by atoms with Crippen molar-refractivity contribution in [2.45, 2.75) is 51.3 Å². The summed E-state index contributed by atoms with van der Waals surface area (Å²) in [6, 6.07) is 7.44. The minimum absolute atomic E-state index is 0.0726. The van der Waals surface area contributed by atoms with E-state index in [0.29, 0.717) is 5.56 Å². The fraction of sp³-hybridized carbons (Fsp3) is 0.533. The summed E-state index contributed by atoms with van der Waals surface area (Å²) in [6.45, 7) is 3.93. The van der Waals surface area contributed by atoms with Gasteiger partial charge in [0.05, 0.1) is 6.10 Å². The third-order valence-electron chi connectivity index (χ3n) is 3.35. The van der Waals surface area contributed by atoms with Crippen LogP contribution in [0.15, 0.2) is 24.3 Å². The SMILES string of the molecule is CC(C)Oc1cccc(C(=O)NC2CCCC2N)c1. The second-order valence-electron chi connectivity index (χ2n) is 5.37. The van der Waals surface area contributed by atoms with Gasteiger partial charge in [0.2, 0.25) is 0 Å². The monoisotopic (exact) mass is 262 g/mol. The van der Waals surface area contributed by atoms with Crippen LogP contribution in [0.3, 0.4) is 0 Å². The highest BCUT2D eigenvalue weighted by atomic mass is 16.5. The van der Waals surface area contributed by atoms with Gasteiger partial charge in [0, 0.05) is 17.6 Å². The molecule has 4 heteroatoms. The Morgan fingerprint density at radius 2 is 2.21 bits per heavy atom. The van der Waals surface area contributed by atoms with Crippen LogP contribution in [0.25, 0.3) is 0 Å². The second kappa shape index (κ2) is 6.06. The van der Waals surface area contributed by atoms with E-state index in [-0.39, 0.29) is 24.1 Å². The van der Waals surface area contributed by atoms with Crippen LogP contribution in [0, 0.1) is 0 Å². The molecule has 19 heavy (non-hydrogen) atoms. The third kappa shape index (κ3) is 3.70. The molecule has 1 aliphatic rings. The average Bonchev–Trinajstić information content (AvgIpc) is 2.74. The van der Waals surface area contributed by atoms with Crippen LogP contribution in [0.2, 0.25) is 0 Å². The summed E-state index contributed by atoms with van der Waals surface area (Å²) in [6.07, 6.45) is 3.14. The summed E-state index contributed by atoms with van der Waals surface area (Å²) in [7, 11) is 0. The zero-order chi connectivity index (χ0) is 13.8. The molecule has 2 rings (SSSR count). The number of carbonyl (C=O) groups is 1. The van der Waals surface area contributed by atoms with E-state index in [2.05, 4.69) is 5.32 Å². The molecular formula is C15H22N2O2. The van der Waals surface area contributed by atoms with Crippen LogP contribution in [0.1, 0.15) is 43.5 Å². The molecule has 0 spiro atoms. The van der Waals surface area contributed by atoms with Gasteiger partial charge in [-0.05, 0) is 51.3 Å². The number of amides is 1. The van der Waals surface area contributed by atoms with Crippen LogP contribution in [-0.4, -0.2) is 24.1 Å². The normalized spacial score (nSPS) is 22.5. The van der Waals surface area contributed by atoms with Crippen LogP contribution < -0.4 is 15.8 Å². The fourth-order valence-corrected chi connectivity index (χ4v) is 2.40. The van der Waals surface area contributed by atoms with Crippen molar-refractivity contribution in [3.63, 3.8) is 0 Å². The quantitative estimate of drug-likeness (QED) is 0.873. The summed E-state index contributed by atoms with van der Waals surface area (Å²) in [4.78, 5) is 12.2. The molecule has 0 heterocycles. The maximum absolute atomic E-state index is 12.2. The summed E-state index contributed by atoms with van der Waals surface area (Å²) >= 11 is 0. The van der Waals surface area contributed by atoms with Crippen molar-refractivity contribution in [3.05, 3.63) is 29.8 Å². The standard InChI is InChI=1S/C15H22N2O2/c1-10(2)19-12-6-3-5-11(9-12)15(18)17-14-8-4-7-13(14)16/h3,5-6,9-10,13-14H,4,7-8,16H2,1-2H3,(H,17,18). The van der Waals surface area contributed by atoms with Crippen LogP contribution >= 0.6 is 0 Å². The Kier molecular flexibility index (Phi) is 4.43. The molecule has 2 atom stereocenters. The van der Waals surface area contributed by atoms with E-state index < -0.39 is 0 Å². The highest BCUT2D eigenvalue weighted by Gasteiger charge is 2.25. The fourth-order valence-electron chi connectivity index (χ4n) is 2.40. The first-order valence-corrected chi connectivity index (χ1v) is 6.89. The lowest BCUT2D eigenvalue weighted by Gasteiger charge is -2.17. The van der Waals surface area contributed by atoms with Gasteiger partial charge in [-0.1, -0.05) is 6.07 Å². The molecular weight excluding hydrogens is 240 g/mol. The Bertz CT molecular complexity index is 446. The molecule has 2 unspecified atom stereocenters. The van der Waals surface area contributed by atoms with Crippen LogP contribution in [0.4, 0.5) is 0 Å². The number of carbonyl (C=O) groups excluding carboxylic acids is 1. The third-order valence-corrected chi connectivity index (χ3v) is 3.35. The largest absolute Gasteiger partial charge is 0.491 e. The molecule has 4 nitrogen and oxygen atoms in total. The maximum atomic E-state index is 12.2. The lowest BCUT2D eigenvalue weighted by atomic mass is 10.1. The van der Waals surface area contributed by atoms with Gasteiger partial charge < -0.3 is 15.8 Å². The molecule has 1 saturated carbocycles. The first kappa shape index (κ1) is 13.9. The Hall–Kier alpha value is -1.55. The molecule has 1 aromatic rings. The number of hydrogen-bond acceptors (Lipinski definition) is 3. The number of hydrogen-bond donors (Lipinski definition) is 2. The van der Waals surface area contributed by atoms with Crippen molar-refractivity contribution >= 4 is 5.91 Å². The molecule has 1 fully saturated rings. The summed E-state index contributed by atoms with van der Waals surface area (Å²) in [5.41, 5.74) is 6.58. The highest BCUT2D eigenvalue weighted by Crippen LogP contribution is 2.19. The predicted molar refractivity (Wildman–Crippen MR) is 75.3 cm³/mol. The minimum Gasteiger partial charge on any atom is -0.491 e. The zero-order valence-electron chi connectivity index (χ0n) is 11.6. The van der Waals surface area contributed by atoms with E-state index in [1.807, 2.05) is 26.0 Å². The molecule has 0 bridgehead atoms. The van der Waals surface area contributed by atoms with Crippen LogP contribution in [-0.2, 0) is 0 Å². The van der Waals surface area contributed by atoms with Gasteiger partial charge in [0.25, 0.3) is 5.91 Å². The molecule has 1 aromatic carbocycles. The number of nitrogens with one attached hydrogen (secondary N) is 1. The Morgan fingerprint density at radius 1 is 1.42 bits per heavy atom. The van der Waals surface area contributed by atoms with Crippen molar-refractivity contribution in [1.29, 1.82) is 0 Å². The molecule has 1 amide bonds. The second-order valence-corrected chi connectivity index (χ2v) is 5.37. The number of benzene rings is 1. The lowest BCUT2D eigenvalue weighted by Crippen LogP contribution is -2.43. The first-order valence-electron chi connectivity index (χ1n) is 6.89. The van der Waals surface area contributed by atoms with Crippen molar-refractivity contribution < 1.29 is 9.53 Å². The molecule has 0 saturated heterocycles. The van der Waals surface area contributed by atoms with E-state index in [1.165, 1.54) is 0 Å². The Labute approximate surface area is 114 Å². The van der Waals surface area contributed by atoms with E-state index >= 15 is 0 Å². The highest BCUT2D eigenvalue weighted by molar-refractivity contribution is 5.94. The van der Waals surface area contributed by atoms with Gasteiger partial charge in [0.1, 0.15) is 5.75 Å². The van der Waals surface area contributed by atoms with Crippen molar-refractivity contribution in [1.82, 2.24) is 5.32 Å². The Balaban J connectivity index is 2.02. The van der Waals surface area contributed by atoms with Crippen molar-refractivity contribution in [2.75, 3.05) is 0 Å². The maximum Gasteiger partial charge on any atom is 0.251 e. The van der Waals surface area contributed by atoms with Gasteiger partial charge in [-0.25, -0.2) is 0 Å². The van der Waals surface area contributed by atoms with Crippen molar-refractivity contribution in [3.8, 4) is 5.75 Å². The summed E-state index contributed by atoms with van der Waals surface area (Å²) in [5.74, 6) is 0.648. The summed E-state index contributed by atoms with van der Waals surface area (Å²) < 4.78 is 5.59. The zero-order valence-corrected chi connectivity index (χ0v) is 11.6. The lowest BCUT2D eigenvalue weighted by molar-refractivity contribution is 0.0934. The predicted octanol–water partition coefficient (Wildman–Crippen LogP) is 2.08. The number of ether oxygens (including phenoxy) is 1. The van der Waals surface area contributed by atoms with Gasteiger partial charge in [-0.3, -0.25) is 4.79 Å². The molecule has 0 aromatic heterocycles. The molecule has 1 aliphatic carbocycles. The molecule has 0 aliphatic heterocycles. The molecule has 3 N–H and O–H groups in total. The van der Waals surface area contributed by atoms with Crippen molar-refractivity contribution in [2.24, 2.45) is 5.73 Å². The Morgan fingerprint density at radius 3 is 2.84 bits per heavy atom. The van der Waals surface area contributed by atoms with Gasteiger partial charge in [-0.15, -0.1) is 0 Å². The van der Waals surface area contributed by atoms with Gasteiger partial charge in [0.15, 0.2) is 0 Å². The molecule has 104 valence electrons. The number of rotatable bonds is 4. The topological polar surface area (TPSA) is 64.3 Å². The van der Waals surface area contributed by atoms with Gasteiger partial charge in [-0.2, -0.15) is 0 Å². The average molecular weight is 262 g/mol. The smallest absolute Gasteiger partial charge is 0.251 e. The number of nitrogens with two attached hydrogens (primary N) is 1. The van der Waals surface area contributed by atoms with E-state index in [1.54, 1.807) is 12.1 Å². The van der Waals surface area contributed by atoms with E-state index in [0.717, 1.165) is 25.0 Å². The minimum atomic E-state index is -0.0726. The summed E-state index contributed by atoms with van der Waals surface area (Å²) in [5, 5.41) is 3.01. The first-order chi connectivity index (χ1) is 9.06. The van der Waals surface area contributed by atoms with Crippen LogP contribution in [0.5, 0.6) is 5.75 Å². The van der Waals surface area contributed by atoms with E-state index in [9.17, 15) is 4.79 Å².